The third kappa shape index (κ3) is 5.96. The van der Waals surface area contributed by atoms with Gasteiger partial charge in [0.25, 0.3) is 0 Å². The van der Waals surface area contributed by atoms with Gasteiger partial charge in [0.15, 0.2) is 0 Å². The van der Waals surface area contributed by atoms with Crippen molar-refractivity contribution in [2.75, 3.05) is 32.7 Å². The van der Waals surface area contributed by atoms with Crippen molar-refractivity contribution in [3.8, 4) is 0 Å². The van der Waals surface area contributed by atoms with Crippen LogP contribution >= 0.6 is 0 Å². The highest BCUT2D eigenvalue weighted by Crippen LogP contribution is 2.40. The molecular weight excluding hydrogens is 446 g/mol. The van der Waals surface area contributed by atoms with Gasteiger partial charge in [-0.05, 0) is 49.2 Å². The van der Waals surface area contributed by atoms with Gasteiger partial charge >= 0.3 is 0 Å². The molecule has 1 amide bonds. The first kappa shape index (κ1) is 25.0. The van der Waals surface area contributed by atoms with Crippen LogP contribution in [0.15, 0.2) is 52.5 Å². The lowest BCUT2D eigenvalue weighted by molar-refractivity contribution is -0.377. The normalized spacial score (nSPS) is 27.1. The van der Waals surface area contributed by atoms with E-state index in [0.717, 1.165) is 51.1 Å². The third-order valence-corrected chi connectivity index (χ3v) is 7.63. The van der Waals surface area contributed by atoms with Crippen LogP contribution in [0, 0.1) is 34.1 Å². The van der Waals surface area contributed by atoms with Gasteiger partial charge in [0.05, 0.1) is 0 Å². The zero-order valence-electron chi connectivity index (χ0n) is 21.1. The second-order valence-electron chi connectivity index (χ2n) is 10.3. The number of rotatable bonds is 5. The molecule has 1 saturated heterocycles. The van der Waals surface area contributed by atoms with Crippen LogP contribution in [0.25, 0.3) is 0 Å². The molecule has 9 nitrogen and oxygen atoms in total. The summed E-state index contributed by atoms with van der Waals surface area (Å²) in [5.41, 5.74) is 5.10. The van der Waals surface area contributed by atoms with E-state index in [1.807, 2.05) is 4.90 Å². The maximum Gasteiger partial charge on any atom is 0.222 e. The fraction of sp³-hybridized carbons (Fsp3) is 0.577. The van der Waals surface area contributed by atoms with Crippen molar-refractivity contribution in [3.05, 3.63) is 57.8 Å². The van der Waals surface area contributed by atoms with Crippen LogP contribution in [-0.2, 0) is 9.53 Å². The number of piperazine rings is 1. The van der Waals surface area contributed by atoms with Crippen molar-refractivity contribution in [1.29, 1.82) is 0 Å². The molecule has 1 N–H and O–H groups in total. The summed E-state index contributed by atoms with van der Waals surface area (Å²) in [5, 5.41) is 26.2. The predicted molar refractivity (Wildman–Crippen MR) is 136 cm³/mol. The van der Waals surface area contributed by atoms with Crippen molar-refractivity contribution in [1.82, 2.24) is 15.2 Å². The Labute approximate surface area is 207 Å². The van der Waals surface area contributed by atoms with Gasteiger partial charge in [0.2, 0.25) is 23.4 Å². The molecule has 0 aromatic rings. The van der Waals surface area contributed by atoms with Crippen molar-refractivity contribution in [2.24, 2.45) is 28.8 Å². The van der Waals surface area contributed by atoms with Gasteiger partial charge in [-0.2, -0.15) is 4.90 Å². The average Bonchev–Trinajstić information content (AvgIpc) is 3.29. The van der Waals surface area contributed by atoms with E-state index in [4.69, 9.17) is 4.74 Å². The molecule has 2 aliphatic carbocycles. The first-order valence-electron chi connectivity index (χ1n) is 12.5. The number of hydrazone groups is 1. The molecule has 2 heterocycles. The van der Waals surface area contributed by atoms with Gasteiger partial charge in [0, 0.05) is 63.8 Å². The number of nitrogens with one attached hydrogen (secondary N) is 1. The first-order valence-corrected chi connectivity index (χ1v) is 12.5. The van der Waals surface area contributed by atoms with Crippen molar-refractivity contribution < 1.29 is 14.4 Å². The Morgan fingerprint density at radius 3 is 2.49 bits per heavy atom. The fourth-order valence-electron chi connectivity index (χ4n) is 5.46. The zero-order chi connectivity index (χ0) is 25.1. The molecule has 0 spiro atoms. The summed E-state index contributed by atoms with van der Waals surface area (Å²) in [6, 6.07) is 0. The summed E-state index contributed by atoms with van der Waals surface area (Å²) < 4.78 is 5.99. The number of hydrogen-bond donors (Lipinski definition) is 1. The van der Waals surface area contributed by atoms with Gasteiger partial charge in [-0.15, -0.1) is 5.10 Å². The molecule has 0 bridgehead atoms. The van der Waals surface area contributed by atoms with Gasteiger partial charge in [-0.25, -0.2) is 5.43 Å². The second kappa shape index (κ2) is 10.7. The SMILES string of the molecule is CC(=O)N1CCN(C[C@@H]2C=C(C)[C@H](CC3=NNC(=C4C=CC(=[N+]([O-])[O-])C=C4)O3)C[C@H]2C(C)C)CC1. The Kier molecular flexibility index (Phi) is 7.64. The number of amides is 1. The molecule has 1 fully saturated rings. The minimum Gasteiger partial charge on any atom is -0.612 e. The Bertz CT molecular complexity index is 993. The van der Waals surface area contributed by atoms with Crippen LogP contribution in [0.5, 0.6) is 0 Å². The highest BCUT2D eigenvalue weighted by atomic mass is 16.8. The summed E-state index contributed by atoms with van der Waals surface area (Å²) in [5.74, 6) is 3.33. The van der Waals surface area contributed by atoms with E-state index in [2.05, 4.69) is 42.3 Å². The molecular formula is C26H36N5O4-. The van der Waals surface area contributed by atoms with Crippen LogP contribution in [0.3, 0.4) is 0 Å². The largest absolute Gasteiger partial charge is 0.612 e. The molecule has 0 saturated carbocycles. The zero-order valence-corrected chi connectivity index (χ0v) is 21.1. The lowest BCUT2D eigenvalue weighted by Crippen LogP contribution is -2.50. The second-order valence-corrected chi connectivity index (χ2v) is 10.3. The monoisotopic (exact) mass is 482 g/mol. The van der Waals surface area contributed by atoms with Gasteiger partial charge < -0.3 is 20.1 Å². The number of allylic oxidation sites excluding steroid dienone is 6. The summed E-state index contributed by atoms with van der Waals surface area (Å²) >= 11 is 0. The molecule has 4 rings (SSSR count). The summed E-state index contributed by atoms with van der Waals surface area (Å²) in [6.45, 7) is 13.0. The van der Waals surface area contributed by atoms with E-state index < -0.39 is 4.90 Å². The summed E-state index contributed by atoms with van der Waals surface area (Å²) in [4.78, 5) is 15.7. The first-order chi connectivity index (χ1) is 16.7. The molecule has 0 unspecified atom stereocenters. The number of ether oxygens (including phenoxy) is 1. The molecule has 0 aromatic heterocycles. The smallest absolute Gasteiger partial charge is 0.222 e. The number of nitrogens with zero attached hydrogens (tertiary/aromatic N) is 4. The maximum absolute atomic E-state index is 11.6. The molecule has 2 aliphatic heterocycles. The van der Waals surface area contributed by atoms with Crippen LogP contribution in [-0.4, -0.2) is 64.9 Å². The topological polar surface area (TPSA) is 106 Å². The number of carbonyl (C=O) groups excluding carboxylic acids is 1. The molecule has 9 heteroatoms. The van der Waals surface area contributed by atoms with Crippen LogP contribution in [0.1, 0.15) is 40.5 Å². The molecule has 4 aliphatic rings. The highest BCUT2D eigenvalue weighted by Gasteiger charge is 2.34. The Morgan fingerprint density at radius 2 is 1.89 bits per heavy atom. The van der Waals surface area contributed by atoms with E-state index in [-0.39, 0.29) is 11.6 Å². The summed E-state index contributed by atoms with van der Waals surface area (Å²) in [6.07, 6.45) is 10.5. The van der Waals surface area contributed by atoms with Crippen LogP contribution in [0.2, 0.25) is 0 Å². The highest BCUT2D eigenvalue weighted by molar-refractivity contribution is 6.02. The molecule has 3 atom stereocenters. The Morgan fingerprint density at radius 1 is 1.20 bits per heavy atom. The Hall–Kier alpha value is -3.07. The predicted octanol–water partition coefficient (Wildman–Crippen LogP) is 3.12. The third-order valence-electron chi connectivity index (χ3n) is 7.63. The van der Waals surface area contributed by atoms with Crippen LogP contribution in [0.4, 0.5) is 0 Å². The lowest BCUT2D eigenvalue weighted by atomic mass is 9.69. The summed E-state index contributed by atoms with van der Waals surface area (Å²) in [7, 11) is 0. The molecule has 0 aromatic carbocycles. The van der Waals surface area contributed by atoms with E-state index >= 15 is 0 Å². The standard InChI is InChI=1S/C26H36N5O4/c1-17(2)24-14-21(18(3)13-22(24)16-29-9-11-30(12-10-29)19(4)32)15-25-27-28-26(35-25)20-5-7-23(8-6-20)31(33)34/h5-8,13,17,21-22,24,28H,9-12,14-16H2,1-4H3/q-1/t21-,22-,24-/m0/s1. The minimum atomic E-state index is -0.415. The van der Waals surface area contributed by atoms with Gasteiger partial charge in [0.1, 0.15) is 0 Å². The lowest BCUT2D eigenvalue weighted by Gasteiger charge is -2.41. The average molecular weight is 483 g/mol. The van der Waals surface area contributed by atoms with Crippen molar-refractivity contribution in [3.63, 3.8) is 0 Å². The van der Waals surface area contributed by atoms with E-state index in [1.54, 1.807) is 19.1 Å². The molecule has 35 heavy (non-hydrogen) atoms. The van der Waals surface area contributed by atoms with Gasteiger partial charge in [-0.3, -0.25) is 9.69 Å². The minimum absolute atomic E-state index is 0.0477. The maximum atomic E-state index is 11.6. The Balaban J connectivity index is 1.37. The number of carbonyl (C=O) groups is 1. The van der Waals surface area contributed by atoms with Crippen molar-refractivity contribution in [2.45, 2.75) is 40.5 Å². The van der Waals surface area contributed by atoms with Crippen molar-refractivity contribution >= 4 is 17.5 Å². The van der Waals surface area contributed by atoms with E-state index in [1.165, 1.54) is 17.7 Å². The van der Waals surface area contributed by atoms with E-state index in [9.17, 15) is 15.2 Å². The van der Waals surface area contributed by atoms with Gasteiger partial charge in [-0.1, -0.05) is 25.5 Å². The molecule has 190 valence electrons. The van der Waals surface area contributed by atoms with E-state index in [0.29, 0.717) is 35.5 Å². The molecule has 0 radical (unpaired) electrons. The van der Waals surface area contributed by atoms with Crippen LogP contribution < -0.4 is 5.43 Å². The number of hydrogen-bond acceptors (Lipinski definition) is 7. The fourth-order valence-corrected chi connectivity index (χ4v) is 5.46. The quantitative estimate of drug-likeness (QED) is 0.367.